The quantitative estimate of drug-likeness (QED) is 0.290. The molecule has 3 aromatic rings. The molecule has 0 radical (unpaired) electrons. The van der Waals surface area contributed by atoms with Crippen LogP contribution in [-0.2, 0) is 16.0 Å². The summed E-state index contributed by atoms with van der Waals surface area (Å²) in [5.74, 6) is 0.329. The summed E-state index contributed by atoms with van der Waals surface area (Å²) in [6.07, 6.45) is 0.874. The number of hydrogen-bond donors (Lipinski definition) is 2. The molecule has 0 unspecified atom stereocenters. The fraction of sp³-hybridized carbons (Fsp3) is 0.174. The summed E-state index contributed by atoms with van der Waals surface area (Å²) in [6, 6.07) is 17.6. The lowest BCUT2D eigenvalue weighted by Crippen LogP contribution is -2.47. The first-order valence-corrected chi connectivity index (χ1v) is 10.1. The molecule has 33 heavy (non-hydrogen) atoms. The number of carbonyl (C=O) groups is 2. The molecule has 0 bridgehead atoms. The van der Waals surface area contributed by atoms with E-state index in [1.807, 2.05) is 30.3 Å². The Labute approximate surface area is 189 Å². The molecule has 0 aliphatic carbocycles. The maximum atomic E-state index is 12.6. The van der Waals surface area contributed by atoms with E-state index in [0.29, 0.717) is 17.1 Å². The Hall–Kier alpha value is -4.47. The second-order valence-corrected chi connectivity index (χ2v) is 6.85. The van der Waals surface area contributed by atoms with Gasteiger partial charge in [0.2, 0.25) is 0 Å². The summed E-state index contributed by atoms with van der Waals surface area (Å²) < 4.78 is 10.5. The molecule has 10 nitrogen and oxygen atoms in total. The number of nitro groups is 1. The first kappa shape index (κ1) is 23.2. The van der Waals surface area contributed by atoms with Crippen molar-refractivity contribution in [1.29, 1.82) is 0 Å². The molecule has 1 aromatic heterocycles. The summed E-state index contributed by atoms with van der Waals surface area (Å²) in [5.41, 5.74) is 3.89. The molecule has 0 fully saturated rings. The van der Waals surface area contributed by atoms with Crippen LogP contribution in [0.5, 0.6) is 0 Å². The fourth-order valence-electron chi connectivity index (χ4n) is 2.94. The van der Waals surface area contributed by atoms with Crippen molar-refractivity contribution < 1.29 is 23.7 Å². The Balaban J connectivity index is 1.63. The van der Waals surface area contributed by atoms with Crippen LogP contribution in [0.1, 0.15) is 18.2 Å². The van der Waals surface area contributed by atoms with E-state index in [1.165, 1.54) is 18.3 Å². The van der Waals surface area contributed by atoms with E-state index >= 15 is 0 Å². The van der Waals surface area contributed by atoms with Crippen LogP contribution in [-0.4, -0.2) is 35.8 Å². The summed E-state index contributed by atoms with van der Waals surface area (Å²) >= 11 is 0. The molecule has 0 aliphatic heterocycles. The molecule has 0 saturated carbocycles. The number of furan rings is 1. The van der Waals surface area contributed by atoms with Gasteiger partial charge in [0.15, 0.2) is 0 Å². The van der Waals surface area contributed by atoms with Gasteiger partial charge in [-0.1, -0.05) is 30.3 Å². The van der Waals surface area contributed by atoms with Crippen molar-refractivity contribution in [2.24, 2.45) is 5.10 Å². The lowest BCUT2D eigenvalue weighted by Gasteiger charge is -2.16. The largest absolute Gasteiger partial charge is 0.455 e. The van der Waals surface area contributed by atoms with Crippen LogP contribution >= 0.6 is 0 Å². The van der Waals surface area contributed by atoms with Gasteiger partial charge in [0.05, 0.1) is 17.7 Å². The third kappa shape index (κ3) is 6.76. The van der Waals surface area contributed by atoms with Crippen molar-refractivity contribution in [2.45, 2.75) is 19.4 Å². The maximum absolute atomic E-state index is 12.6. The number of alkyl carbamates (subject to hydrolysis) is 1. The Kier molecular flexibility index (Phi) is 7.90. The van der Waals surface area contributed by atoms with Crippen molar-refractivity contribution in [3.63, 3.8) is 0 Å². The van der Waals surface area contributed by atoms with E-state index < -0.39 is 23.0 Å². The molecule has 1 heterocycles. The molecule has 0 spiro atoms. The van der Waals surface area contributed by atoms with Crippen LogP contribution in [0.4, 0.5) is 10.5 Å². The average molecular weight is 450 g/mol. The molecule has 0 aliphatic rings. The number of carbonyl (C=O) groups excluding carboxylic acids is 2. The molecule has 10 heteroatoms. The van der Waals surface area contributed by atoms with E-state index in [0.717, 1.165) is 5.56 Å². The summed E-state index contributed by atoms with van der Waals surface area (Å²) in [6.45, 7) is 1.85. The highest BCUT2D eigenvalue weighted by Gasteiger charge is 2.21. The van der Waals surface area contributed by atoms with E-state index in [-0.39, 0.29) is 18.7 Å². The summed E-state index contributed by atoms with van der Waals surface area (Å²) in [4.78, 5) is 34.7. The molecule has 2 N–H and O–H groups in total. The van der Waals surface area contributed by atoms with Crippen LogP contribution in [0.15, 0.2) is 76.2 Å². The molecular formula is C23H22N4O6. The number of benzene rings is 2. The number of nitrogens with zero attached hydrogens (tertiary/aromatic N) is 2. The highest BCUT2D eigenvalue weighted by atomic mass is 16.6. The number of nitro benzene ring substituents is 1. The van der Waals surface area contributed by atoms with Gasteiger partial charge in [-0.15, -0.1) is 0 Å². The molecule has 0 saturated heterocycles. The zero-order chi connectivity index (χ0) is 23.6. The summed E-state index contributed by atoms with van der Waals surface area (Å²) in [5, 5.41) is 17.2. The van der Waals surface area contributed by atoms with Crippen LogP contribution in [0.25, 0.3) is 11.3 Å². The van der Waals surface area contributed by atoms with E-state index in [1.54, 1.807) is 31.2 Å². The zero-order valence-electron chi connectivity index (χ0n) is 17.8. The topological polar surface area (TPSA) is 136 Å². The van der Waals surface area contributed by atoms with E-state index in [9.17, 15) is 19.7 Å². The normalized spacial score (nSPS) is 11.7. The van der Waals surface area contributed by atoms with Gasteiger partial charge in [-0.3, -0.25) is 14.9 Å². The highest BCUT2D eigenvalue weighted by Crippen LogP contribution is 2.24. The minimum absolute atomic E-state index is 0.0173. The van der Waals surface area contributed by atoms with Gasteiger partial charge in [-0.05, 0) is 36.8 Å². The minimum atomic E-state index is -0.893. The molecule has 170 valence electrons. The smallest absolute Gasteiger partial charge is 0.407 e. The van der Waals surface area contributed by atoms with Gasteiger partial charge in [0.25, 0.3) is 11.6 Å². The molecule has 3 rings (SSSR count). The predicted octanol–water partition coefficient (Wildman–Crippen LogP) is 3.66. The van der Waals surface area contributed by atoms with Crippen LogP contribution in [0.2, 0.25) is 0 Å². The standard InChI is InChI=1S/C23H22N4O6/c1-2-32-23(29)25-20(14-16-6-4-3-5-7-16)22(28)26-24-15-19-12-13-21(33-19)17-8-10-18(11-9-17)27(30)31/h3-13,15,20H,2,14H2,1H3,(H,25,29)(H,26,28)/b24-15-/t20-/m0/s1. The number of nitrogens with one attached hydrogen (secondary N) is 2. The third-order valence-electron chi connectivity index (χ3n) is 4.52. The number of non-ortho nitro benzene ring substituents is 1. The van der Waals surface area contributed by atoms with Crippen molar-refractivity contribution in [2.75, 3.05) is 6.61 Å². The Bertz CT molecular complexity index is 1130. The zero-order valence-corrected chi connectivity index (χ0v) is 17.8. The average Bonchev–Trinajstić information content (AvgIpc) is 3.28. The van der Waals surface area contributed by atoms with Crippen LogP contribution < -0.4 is 10.7 Å². The van der Waals surface area contributed by atoms with Crippen molar-refractivity contribution in [1.82, 2.24) is 10.7 Å². The SMILES string of the molecule is CCOC(=O)N[C@@H](Cc1ccccc1)C(=O)N/N=C\c1ccc(-c2ccc([N+](=O)[O-])cc2)o1. The first-order chi connectivity index (χ1) is 16.0. The molecular weight excluding hydrogens is 428 g/mol. The lowest BCUT2D eigenvalue weighted by molar-refractivity contribution is -0.384. The fourth-order valence-corrected chi connectivity index (χ4v) is 2.94. The van der Waals surface area contributed by atoms with E-state index in [2.05, 4.69) is 15.8 Å². The van der Waals surface area contributed by atoms with Crippen molar-refractivity contribution in [3.8, 4) is 11.3 Å². The van der Waals surface area contributed by atoms with Crippen LogP contribution in [0.3, 0.4) is 0 Å². The highest BCUT2D eigenvalue weighted by molar-refractivity contribution is 5.87. The second-order valence-electron chi connectivity index (χ2n) is 6.85. The number of rotatable bonds is 9. The Morgan fingerprint density at radius 2 is 1.85 bits per heavy atom. The van der Waals surface area contributed by atoms with Gasteiger partial charge >= 0.3 is 6.09 Å². The van der Waals surface area contributed by atoms with Gasteiger partial charge in [0.1, 0.15) is 17.6 Å². The first-order valence-electron chi connectivity index (χ1n) is 10.1. The molecule has 2 aromatic carbocycles. The van der Waals surface area contributed by atoms with Gasteiger partial charge < -0.3 is 14.5 Å². The Morgan fingerprint density at radius 3 is 2.52 bits per heavy atom. The number of hydrogen-bond acceptors (Lipinski definition) is 7. The number of ether oxygens (including phenoxy) is 1. The minimum Gasteiger partial charge on any atom is -0.455 e. The van der Waals surface area contributed by atoms with Crippen molar-refractivity contribution >= 4 is 23.9 Å². The lowest BCUT2D eigenvalue weighted by atomic mass is 10.1. The predicted molar refractivity (Wildman–Crippen MR) is 121 cm³/mol. The number of hydrazone groups is 1. The molecule has 1 atom stereocenters. The Morgan fingerprint density at radius 1 is 1.12 bits per heavy atom. The third-order valence-corrected chi connectivity index (χ3v) is 4.52. The van der Waals surface area contributed by atoms with Crippen molar-refractivity contribution in [3.05, 3.63) is 88.2 Å². The molecule has 2 amide bonds. The van der Waals surface area contributed by atoms with Crippen LogP contribution in [0, 0.1) is 10.1 Å². The number of amides is 2. The van der Waals surface area contributed by atoms with Gasteiger partial charge in [0, 0.05) is 24.1 Å². The monoisotopic (exact) mass is 450 g/mol. The maximum Gasteiger partial charge on any atom is 0.407 e. The van der Waals surface area contributed by atoms with Gasteiger partial charge in [-0.25, -0.2) is 10.2 Å². The van der Waals surface area contributed by atoms with Gasteiger partial charge in [-0.2, -0.15) is 5.10 Å². The summed E-state index contributed by atoms with van der Waals surface area (Å²) in [7, 11) is 0. The van der Waals surface area contributed by atoms with E-state index in [4.69, 9.17) is 9.15 Å². The second kappa shape index (κ2) is 11.2.